The maximum Gasteiger partial charge on any atom is 0.417 e. The molecule has 0 aliphatic rings. The lowest BCUT2D eigenvalue weighted by atomic mass is 9.95. The number of carbonyl (C=O) groups is 2. The molecule has 3 N–H and O–H groups in total. The molecule has 4 nitrogen and oxygen atoms in total. The summed E-state index contributed by atoms with van der Waals surface area (Å²) in [5.41, 5.74) is 1.04. The van der Waals surface area contributed by atoms with E-state index in [4.69, 9.17) is 40.5 Å². The highest BCUT2D eigenvalue weighted by atomic mass is 35.5. The summed E-state index contributed by atoms with van der Waals surface area (Å²) in [6.45, 7) is 1.65. The van der Waals surface area contributed by atoms with E-state index in [1.807, 2.05) is 0 Å². The van der Waals surface area contributed by atoms with E-state index in [1.54, 1.807) is 6.92 Å². The zero-order valence-corrected chi connectivity index (χ0v) is 21.0. The van der Waals surface area contributed by atoms with Crippen LogP contribution in [-0.2, 0) is 11.0 Å². The molecule has 0 aromatic heterocycles. The SMILES string of the molecule is CCC[C@@H](NC(=O)c1ccc(/C(F)=C/C(c2cc(Cl)c(Cl)c(Cl)c2)C(F)(F)F)cc1C(F)(F)F)C(N)=O. The summed E-state index contributed by atoms with van der Waals surface area (Å²) < 4.78 is 97.2. The van der Waals surface area contributed by atoms with Crippen LogP contribution in [0.15, 0.2) is 36.4 Å². The molecule has 0 radical (unpaired) electrons. The quantitative estimate of drug-likeness (QED) is 0.243. The smallest absolute Gasteiger partial charge is 0.368 e. The topological polar surface area (TPSA) is 72.2 Å². The molecule has 202 valence electrons. The van der Waals surface area contributed by atoms with Gasteiger partial charge in [0.2, 0.25) is 5.91 Å². The highest BCUT2D eigenvalue weighted by Gasteiger charge is 2.41. The van der Waals surface area contributed by atoms with Crippen molar-refractivity contribution in [2.45, 2.75) is 44.1 Å². The molecular formula is C23H18Cl3F7N2O2. The second-order valence-corrected chi connectivity index (χ2v) is 9.00. The standard InChI is InChI=1S/C23H18Cl3F7N2O2/c1-2-3-18(20(34)36)35-21(37)12-5-4-10(6-14(12)23(31,32)33)17(27)9-13(22(28,29)30)11-7-15(24)19(26)16(25)8-11/h4-9,13,18H,2-3H2,1H3,(H2,34,36)(H,35,37)/b17-9-/t13?,18-/m1/s1. The summed E-state index contributed by atoms with van der Waals surface area (Å²) in [5, 5.41) is 1.14. The van der Waals surface area contributed by atoms with E-state index >= 15 is 0 Å². The Kier molecular flexibility index (Phi) is 9.89. The maximum absolute atomic E-state index is 14.9. The van der Waals surface area contributed by atoms with Gasteiger partial charge in [-0.25, -0.2) is 4.39 Å². The van der Waals surface area contributed by atoms with Gasteiger partial charge < -0.3 is 11.1 Å². The van der Waals surface area contributed by atoms with E-state index in [1.165, 1.54) is 0 Å². The summed E-state index contributed by atoms with van der Waals surface area (Å²) in [6.07, 6.45) is -9.81. The molecule has 37 heavy (non-hydrogen) atoms. The van der Waals surface area contributed by atoms with Crippen molar-refractivity contribution in [2.75, 3.05) is 0 Å². The minimum absolute atomic E-state index is 0.0510. The van der Waals surface area contributed by atoms with Gasteiger partial charge in [-0.1, -0.05) is 54.2 Å². The normalized spacial score (nSPS) is 14.3. The van der Waals surface area contributed by atoms with Crippen molar-refractivity contribution in [1.82, 2.24) is 5.32 Å². The van der Waals surface area contributed by atoms with Crippen molar-refractivity contribution in [3.05, 3.63) is 73.7 Å². The number of allylic oxidation sites excluding steroid dienone is 1. The van der Waals surface area contributed by atoms with Gasteiger partial charge in [0.15, 0.2) is 0 Å². The van der Waals surface area contributed by atoms with Crippen LogP contribution in [0.25, 0.3) is 5.83 Å². The molecule has 14 heteroatoms. The highest BCUT2D eigenvalue weighted by Crippen LogP contribution is 2.42. The number of alkyl halides is 6. The predicted octanol–water partition coefficient (Wildman–Crippen LogP) is 7.71. The zero-order valence-electron chi connectivity index (χ0n) is 18.7. The van der Waals surface area contributed by atoms with Crippen molar-refractivity contribution >= 4 is 52.4 Å². The van der Waals surface area contributed by atoms with Crippen LogP contribution in [0.1, 0.15) is 52.7 Å². The Labute approximate surface area is 221 Å². The number of carbonyl (C=O) groups excluding carboxylic acids is 2. The fourth-order valence-electron chi connectivity index (χ4n) is 3.31. The first-order valence-corrected chi connectivity index (χ1v) is 11.5. The molecule has 2 rings (SSSR count). The lowest BCUT2D eigenvalue weighted by Crippen LogP contribution is -2.44. The summed E-state index contributed by atoms with van der Waals surface area (Å²) in [4.78, 5) is 23.9. The van der Waals surface area contributed by atoms with Gasteiger partial charge in [-0.05, 0) is 42.3 Å². The van der Waals surface area contributed by atoms with E-state index in [0.717, 1.165) is 12.1 Å². The number of amides is 2. The Morgan fingerprint density at radius 1 is 1.03 bits per heavy atom. The van der Waals surface area contributed by atoms with Crippen LogP contribution in [0.2, 0.25) is 15.1 Å². The molecule has 0 aliphatic carbocycles. The number of nitrogens with one attached hydrogen (secondary N) is 1. The van der Waals surface area contributed by atoms with Crippen molar-refractivity contribution in [1.29, 1.82) is 0 Å². The third-order valence-corrected chi connectivity index (χ3v) is 6.30. The van der Waals surface area contributed by atoms with Gasteiger partial charge in [0.05, 0.1) is 26.2 Å². The van der Waals surface area contributed by atoms with Crippen LogP contribution in [0.3, 0.4) is 0 Å². The molecule has 0 heterocycles. The van der Waals surface area contributed by atoms with Crippen LogP contribution in [0, 0.1) is 0 Å². The Morgan fingerprint density at radius 3 is 2.05 bits per heavy atom. The lowest BCUT2D eigenvalue weighted by Gasteiger charge is -2.20. The van der Waals surface area contributed by atoms with Crippen LogP contribution >= 0.6 is 34.8 Å². The van der Waals surface area contributed by atoms with Gasteiger partial charge in [0.25, 0.3) is 5.91 Å². The number of hydrogen-bond acceptors (Lipinski definition) is 2. The monoisotopic (exact) mass is 592 g/mol. The molecule has 2 amide bonds. The third-order valence-electron chi connectivity index (χ3n) is 5.10. The van der Waals surface area contributed by atoms with Crippen molar-refractivity contribution in [3.63, 3.8) is 0 Å². The number of halogens is 10. The highest BCUT2D eigenvalue weighted by molar-refractivity contribution is 6.48. The van der Waals surface area contributed by atoms with Gasteiger partial charge in [-0.15, -0.1) is 0 Å². The summed E-state index contributed by atoms with van der Waals surface area (Å²) in [6, 6.07) is 1.82. The first kappa shape index (κ1) is 30.7. The second kappa shape index (κ2) is 11.9. The summed E-state index contributed by atoms with van der Waals surface area (Å²) in [5.74, 6) is -6.61. The van der Waals surface area contributed by atoms with Crippen LogP contribution in [-0.4, -0.2) is 24.0 Å². The molecule has 0 saturated carbocycles. The minimum atomic E-state index is -5.20. The maximum atomic E-state index is 14.9. The van der Waals surface area contributed by atoms with Gasteiger partial charge in [-0.3, -0.25) is 9.59 Å². The van der Waals surface area contributed by atoms with Crippen molar-refractivity contribution in [2.24, 2.45) is 5.73 Å². The molecule has 0 aliphatic heterocycles. The zero-order chi connectivity index (χ0) is 28.3. The van der Waals surface area contributed by atoms with Crippen LogP contribution < -0.4 is 11.1 Å². The fraction of sp³-hybridized carbons (Fsp3) is 0.304. The molecule has 0 spiro atoms. The van der Waals surface area contributed by atoms with Gasteiger partial charge in [0, 0.05) is 5.56 Å². The number of rotatable bonds is 8. The molecule has 2 aromatic rings. The first-order chi connectivity index (χ1) is 17.0. The first-order valence-electron chi connectivity index (χ1n) is 10.4. The Hall–Kier alpha value is -2.50. The number of primary amides is 1. The molecule has 0 fully saturated rings. The van der Waals surface area contributed by atoms with Crippen LogP contribution in [0.4, 0.5) is 30.7 Å². The summed E-state index contributed by atoms with van der Waals surface area (Å²) >= 11 is 17.3. The van der Waals surface area contributed by atoms with E-state index in [0.29, 0.717) is 18.6 Å². The van der Waals surface area contributed by atoms with E-state index in [-0.39, 0.29) is 33.6 Å². The van der Waals surface area contributed by atoms with Gasteiger partial charge >= 0.3 is 12.4 Å². The minimum Gasteiger partial charge on any atom is -0.368 e. The lowest BCUT2D eigenvalue weighted by molar-refractivity contribution is -0.140. The fourth-order valence-corrected chi connectivity index (χ4v) is 3.93. The van der Waals surface area contributed by atoms with Crippen molar-refractivity contribution < 1.29 is 40.3 Å². The molecule has 2 atom stereocenters. The van der Waals surface area contributed by atoms with Crippen molar-refractivity contribution in [3.8, 4) is 0 Å². The number of benzene rings is 2. The number of nitrogens with two attached hydrogens (primary N) is 1. The largest absolute Gasteiger partial charge is 0.417 e. The van der Waals surface area contributed by atoms with E-state index < -0.39 is 64.2 Å². The molecule has 1 unspecified atom stereocenters. The van der Waals surface area contributed by atoms with Gasteiger partial charge in [-0.2, -0.15) is 26.3 Å². The van der Waals surface area contributed by atoms with E-state index in [9.17, 15) is 40.3 Å². The average Bonchev–Trinajstić information content (AvgIpc) is 2.78. The number of hydrogen-bond donors (Lipinski definition) is 2. The molecular weight excluding hydrogens is 576 g/mol. The Morgan fingerprint density at radius 2 is 1.59 bits per heavy atom. The van der Waals surface area contributed by atoms with Crippen LogP contribution in [0.5, 0.6) is 0 Å². The second-order valence-electron chi connectivity index (χ2n) is 7.81. The predicted molar refractivity (Wildman–Crippen MR) is 126 cm³/mol. The van der Waals surface area contributed by atoms with Gasteiger partial charge in [0.1, 0.15) is 17.8 Å². The van der Waals surface area contributed by atoms with E-state index in [2.05, 4.69) is 5.32 Å². The average molecular weight is 594 g/mol. The molecule has 0 saturated heterocycles. The Balaban J connectivity index is 2.57. The Bertz CT molecular complexity index is 1190. The summed E-state index contributed by atoms with van der Waals surface area (Å²) in [7, 11) is 0. The molecule has 0 bridgehead atoms. The third kappa shape index (κ3) is 7.75. The molecule has 2 aromatic carbocycles.